The number of amides is 1. The van der Waals surface area contributed by atoms with Gasteiger partial charge in [-0.25, -0.2) is 0 Å². The molecule has 1 saturated heterocycles. The van der Waals surface area contributed by atoms with Crippen molar-refractivity contribution in [2.45, 2.75) is 46.1 Å². The van der Waals surface area contributed by atoms with Gasteiger partial charge in [-0.15, -0.1) is 0 Å². The first-order chi connectivity index (χ1) is 14.8. The molecule has 1 amide bonds. The molecule has 31 heavy (non-hydrogen) atoms. The smallest absolute Gasteiger partial charge is 0.295 e. The number of carbonyl (C=O) groups is 2. The summed E-state index contributed by atoms with van der Waals surface area (Å²) in [6.07, 6.45) is 2.73. The van der Waals surface area contributed by atoms with Gasteiger partial charge in [-0.2, -0.15) is 0 Å². The summed E-state index contributed by atoms with van der Waals surface area (Å²) >= 11 is 6.32. The normalized spacial score (nSPS) is 18.0. The Hall–Kier alpha value is -2.79. The summed E-state index contributed by atoms with van der Waals surface area (Å²) in [5.41, 5.74) is 2.96. The topological polar surface area (TPSA) is 66.8 Å². The number of aliphatic hydroxyl groups is 1. The molecule has 1 heterocycles. The first kappa shape index (κ1) is 22.9. The van der Waals surface area contributed by atoms with Crippen molar-refractivity contribution in [1.29, 1.82) is 0 Å². The summed E-state index contributed by atoms with van der Waals surface area (Å²) < 4.78 is 5.40. The van der Waals surface area contributed by atoms with Gasteiger partial charge >= 0.3 is 0 Å². The maximum Gasteiger partial charge on any atom is 0.295 e. The van der Waals surface area contributed by atoms with E-state index in [1.807, 2.05) is 38.1 Å². The highest BCUT2D eigenvalue weighted by Crippen LogP contribution is 2.42. The van der Waals surface area contributed by atoms with E-state index < -0.39 is 17.7 Å². The molecule has 1 unspecified atom stereocenters. The van der Waals surface area contributed by atoms with Gasteiger partial charge in [0.2, 0.25) is 0 Å². The molecule has 164 valence electrons. The second kappa shape index (κ2) is 9.56. The van der Waals surface area contributed by atoms with Crippen LogP contribution in [0.25, 0.3) is 5.76 Å². The molecule has 3 rings (SSSR count). The zero-order chi connectivity index (χ0) is 22.7. The molecule has 1 aliphatic rings. The van der Waals surface area contributed by atoms with E-state index in [1.54, 1.807) is 17.0 Å². The molecule has 0 radical (unpaired) electrons. The van der Waals surface area contributed by atoms with E-state index in [0.717, 1.165) is 36.0 Å². The van der Waals surface area contributed by atoms with Crippen molar-refractivity contribution in [1.82, 2.24) is 4.90 Å². The number of carbonyl (C=O) groups excluding carboxylic acids is 2. The van der Waals surface area contributed by atoms with Crippen molar-refractivity contribution < 1.29 is 19.4 Å². The molecule has 1 fully saturated rings. The van der Waals surface area contributed by atoms with E-state index in [9.17, 15) is 14.7 Å². The van der Waals surface area contributed by atoms with E-state index in [2.05, 4.69) is 6.92 Å². The number of unbranched alkanes of at least 4 members (excludes halogenated alkanes) is 2. The zero-order valence-electron chi connectivity index (χ0n) is 18.4. The Morgan fingerprint density at radius 1 is 1.13 bits per heavy atom. The van der Waals surface area contributed by atoms with Gasteiger partial charge in [0.15, 0.2) is 0 Å². The lowest BCUT2D eigenvalue weighted by Gasteiger charge is -2.26. The van der Waals surface area contributed by atoms with Gasteiger partial charge in [0.25, 0.3) is 11.7 Å². The number of ketones is 1. The van der Waals surface area contributed by atoms with Crippen molar-refractivity contribution >= 4 is 29.1 Å². The molecule has 5 nitrogen and oxygen atoms in total. The van der Waals surface area contributed by atoms with Crippen LogP contribution in [-0.2, 0) is 9.59 Å². The third kappa shape index (κ3) is 4.47. The second-order valence-corrected chi connectivity index (χ2v) is 8.35. The zero-order valence-corrected chi connectivity index (χ0v) is 19.1. The van der Waals surface area contributed by atoms with E-state index in [4.69, 9.17) is 16.3 Å². The lowest BCUT2D eigenvalue weighted by molar-refractivity contribution is -0.139. The lowest BCUT2D eigenvalue weighted by Crippen LogP contribution is -2.30. The second-order valence-electron chi connectivity index (χ2n) is 7.94. The van der Waals surface area contributed by atoms with Crippen LogP contribution in [0.3, 0.4) is 0 Å². The van der Waals surface area contributed by atoms with E-state index in [-0.39, 0.29) is 17.1 Å². The largest absolute Gasteiger partial charge is 0.507 e. The van der Waals surface area contributed by atoms with Gasteiger partial charge in [0, 0.05) is 6.54 Å². The number of hydrogen-bond donors (Lipinski definition) is 1. The van der Waals surface area contributed by atoms with Crippen LogP contribution >= 0.6 is 11.6 Å². The molecule has 0 aromatic heterocycles. The predicted octanol–water partition coefficient (Wildman–Crippen LogP) is 5.58. The summed E-state index contributed by atoms with van der Waals surface area (Å²) in [6.45, 7) is 6.32. The summed E-state index contributed by atoms with van der Waals surface area (Å²) in [6, 6.07) is 10.4. The average Bonchev–Trinajstić information content (AvgIpc) is 2.98. The number of methoxy groups -OCH3 is 1. The third-order valence-corrected chi connectivity index (χ3v) is 5.83. The van der Waals surface area contributed by atoms with Gasteiger partial charge in [0.1, 0.15) is 11.5 Å². The minimum absolute atomic E-state index is 0.0621. The molecular formula is C25H28ClNO4. The Labute approximate surface area is 188 Å². The molecule has 0 saturated carbocycles. The number of hydrogen-bond acceptors (Lipinski definition) is 4. The average molecular weight is 442 g/mol. The Kier molecular flexibility index (Phi) is 7.06. The maximum absolute atomic E-state index is 13.1. The van der Waals surface area contributed by atoms with Crippen LogP contribution in [0.1, 0.15) is 54.5 Å². The molecule has 1 aliphatic heterocycles. The lowest BCUT2D eigenvalue weighted by atomic mass is 9.93. The number of Topliss-reactive ketones (excluding diaryl/α,β-unsaturated/α-hetero) is 1. The molecule has 0 bridgehead atoms. The van der Waals surface area contributed by atoms with Crippen molar-refractivity contribution in [3.05, 3.63) is 69.2 Å². The molecular weight excluding hydrogens is 414 g/mol. The van der Waals surface area contributed by atoms with Crippen LogP contribution in [0.4, 0.5) is 0 Å². The van der Waals surface area contributed by atoms with E-state index in [1.165, 1.54) is 7.11 Å². The number of halogens is 1. The van der Waals surface area contributed by atoms with Crippen LogP contribution in [0, 0.1) is 13.8 Å². The summed E-state index contributed by atoms with van der Waals surface area (Å²) in [4.78, 5) is 27.7. The van der Waals surface area contributed by atoms with Crippen LogP contribution in [0.15, 0.2) is 42.0 Å². The van der Waals surface area contributed by atoms with Gasteiger partial charge in [-0.1, -0.05) is 61.2 Å². The van der Waals surface area contributed by atoms with Crippen molar-refractivity contribution in [2.75, 3.05) is 13.7 Å². The molecule has 1 N–H and O–H groups in total. The molecule has 2 aromatic carbocycles. The van der Waals surface area contributed by atoms with Gasteiger partial charge in [0.05, 0.1) is 29.3 Å². The number of aryl methyl sites for hydroxylation is 2. The summed E-state index contributed by atoms with van der Waals surface area (Å²) in [5.74, 6) is -1.29. The van der Waals surface area contributed by atoms with Crippen LogP contribution < -0.4 is 4.74 Å². The highest BCUT2D eigenvalue weighted by molar-refractivity contribution is 6.46. The predicted molar refractivity (Wildman–Crippen MR) is 122 cm³/mol. The van der Waals surface area contributed by atoms with Crippen molar-refractivity contribution in [3.63, 3.8) is 0 Å². The molecule has 6 heteroatoms. The molecule has 0 spiro atoms. The van der Waals surface area contributed by atoms with Gasteiger partial charge in [-0.3, -0.25) is 9.59 Å². The number of aliphatic hydroxyl groups excluding tert-OH is 1. The number of nitrogens with zero attached hydrogens (tertiary/aromatic N) is 1. The van der Waals surface area contributed by atoms with Crippen LogP contribution in [0.2, 0.25) is 5.02 Å². The number of benzene rings is 2. The highest BCUT2D eigenvalue weighted by atomic mass is 35.5. The molecule has 0 aliphatic carbocycles. The quantitative estimate of drug-likeness (QED) is 0.263. The first-order valence-electron chi connectivity index (χ1n) is 10.5. The Morgan fingerprint density at radius 3 is 2.52 bits per heavy atom. The van der Waals surface area contributed by atoms with Crippen molar-refractivity contribution in [2.24, 2.45) is 0 Å². The Balaban J connectivity index is 2.23. The maximum atomic E-state index is 13.1. The number of rotatable bonds is 7. The summed E-state index contributed by atoms with van der Waals surface area (Å²) in [5, 5.41) is 11.6. The first-order valence-corrected chi connectivity index (χ1v) is 10.9. The number of ether oxygens (including phenoxy) is 1. The Bertz CT molecular complexity index is 1040. The minimum atomic E-state index is -0.694. The standard InChI is InChI=1S/C25H28ClNO4/c1-5-6-7-11-27-21(17-10-8-9-15(2)12-17)20(23(29)25(27)30)22(28)18-13-16(3)14-19(26)24(18)31-4/h8-10,12-14,21,28H,5-7,11H2,1-4H3/b22-20+. The fourth-order valence-electron chi connectivity index (χ4n) is 4.09. The van der Waals surface area contributed by atoms with Crippen LogP contribution in [0.5, 0.6) is 5.75 Å². The number of likely N-dealkylation sites (tertiary alicyclic amines) is 1. The van der Waals surface area contributed by atoms with Gasteiger partial charge in [-0.05, 0) is 43.5 Å². The molecule has 2 aromatic rings. The SMILES string of the molecule is CCCCCN1C(=O)C(=O)/C(=C(/O)c2cc(C)cc(Cl)c2OC)C1c1cccc(C)c1. The fraction of sp³-hybridized carbons (Fsp3) is 0.360. The van der Waals surface area contributed by atoms with E-state index >= 15 is 0 Å². The van der Waals surface area contributed by atoms with E-state index in [0.29, 0.717) is 17.1 Å². The summed E-state index contributed by atoms with van der Waals surface area (Å²) in [7, 11) is 1.45. The Morgan fingerprint density at radius 2 is 1.87 bits per heavy atom. The van der Waals surface area contributed by atoms with Crippen LogP contribution in [-0.4, -0.2) is 35.4 Å². The monoisotopic (exact) mass is 441 g/mol. The van der Waals surface area contributed by atoms with Crippen molar-refractivity contribution in [3.8, 4) is 5.75 Å². The van der Waals surface area contributed by atoms with Gasteiger partial charge < -0.3 is 14.7 Å². The third-order valence-electron chi connectivity index (χ3n) is 5.55. The highest BCUT2D eigenvalue weighted by Gasteiger charge is 2.46. The molecule has 1 atom stereocenters. The fourth-order valence-corrected chi connectivity index (χ4v) is 4.44. The minimum Gasteiger partial charge on any atom is -0.507 e.